The van der Waals surface area contributed by atoms with Gasteiger partial charge in [0.15, 0.2) is 0 Å². The van der Waals surface area contributed by atoms with Gasteiger partial charge in [-0.05, 0) is 17.5 Å². The summed E-state index contributed by atoms with van der Waals surface area (Å²) in [5, 5.41) is 8.94. The SMILES string of the molecule is OCC1CN(CC2Cc3ccccc32)C1. The number of benzene rings is 1. The fourth-order valence-electron chi connectivity index (χ4n) is 2.78. The summed E-state index contributed by atoms with van der Waals surface area (Å²) in [5.74, 6) is 1.29. The fourth-order valence-corrected chi connectivity index (χ4v) is 2.78. The van der Waals surface area contributed by atoms with Crippen LogP contribution in [0.1, 0.15) is 17.0 Å². The van der Waals surface area contributed by atoms with Gasteiger partial charge in [-0.3, -0.25) is 0 Å². The molecule has 2 aliphatic rings. The summed E-state index contributed by atoms with van der Waals surface area (Å²) in [5.41, 5.74) is 3.08. The molecule has 2 heteroatoms. The standard InChI is InChI=1S/C13H17NO/c15-9-10-6-14(7-10)8-12-5-11-3-1-2-4-13(11)12/h1-4,10,12,15H,5-9H2. The van der Waals surface area contributed by atoms with Crippen molar-refractivity contribution in [3.63, 3.8) is 0 Å². The zero-order valence-electron chi connectivity index (χ0n) is 8.89. The van der Waals surface area contributed by atoms with Crippen molar-refractivity contribution < 1.29 is 5.11 Å². The van der Waals surface area contributed by atoms with Gasteiger partial charge in [0.2, 0.25) is 0 Å². The Balaban J connectivity index is 1.56. The molecule has 0 bridgehead atoms. The Hall–Kier alpha value is -0.860. The van der Waals surface area contributed by atoms with Gasteiger partial charge in [0.05, 0.1) is 0 Å². The second kappa shape index (κ2) is 3.62. The topological polar surface area (TPSA) is 23.5 Å². The van der Waals surface area contributed by atoms with Gasteiger partial charge in [0, 0.05) is 38.1 Å². The number of nitrogens with zero attached hydrogens (tertiary/aromatic N) is 1. The van der Waals surface area contributed by atoms with Crippen LogP contribution in [0, 0.1) is 5.92 Å². The molecule has 3 rings (SSSR count). The molecule has 15 heavy (non-hydrogen) atoms. The smallest absolute Gasteiger partial charge is 0.0483 e. The summed E-state index contributed by atoms with van der Waals surface area (Å²) in [6.07, 6.45) is 1.25. The zero-order chi connectivity index (χ0) is 10.3. The van der Waals surface area contributed by atoms with Crippen LogP contribution >= 0.6 is 0 Å². The molecule has 0 saturated carbocycles. The Labute approximate surface area is 90.5 Å². The second-order valence-corrected chi connectivity index (χ2v) is 4.87. The van der Waals surface area contributed by atoms with Crippen LogP contribution in [0.15, 0.2) is 24.3 Å². The van der Waals surface area contributed by atoms with Crippen molar-refractivity contribution >= 4 is 0 Å². The highest BCUT2D eigenvalue weighted by atomic mass is 16.3. The van der Waals surface area contributed by atoms with Crippen LogP contribution in [0.25, 0.3) is 0 Å². The van der Waals surface area contributed by atoms with Crippen molar-refractivity contribution in [3.05, 3.63) is 35.4 Å². The summed E-state index contributed by atoms with van der Waals surface area (Å²) in [6, 6.07) is 8.75. The molecular weight excluding hydrogens is 186 g/mol. The lowest BCUT2D eigenvalue weighted by Gasteiger charge is -2.43. The predicted molar refractivity (Wildman–Crippen MR) is 59.9 cm³/mol. The van der Waals surface area contributed by atoms with Crippen molar-refractivity contribution in [3.8, 4) is 0 Å². The van der Waals surface area contributed by atoms with Crippen LogP contribution in [0.4, 0.5) is 0 Å². The van der Waals surface area contributed by atoms with Gasteiger partial charge in [-0.1, -0.05) is 24.3 Å². The van der Waals surface area contributed by atoms with E-state index in [9.17, 15) is 0 Å². The summed E-state index contributed by atoms with van der Waals surface area (Å²) in [4.78, 5) is 2.46. The lowest BCUT2D eigenvalue weighted by atomic mass is 9.77. The van der Waals surface area contributed by atoms with Crippen molar-refractivity contribution in [1.29, 1.82) is 0 Å². The first-order valence-electron chi connectivity index (χ1n) is 5.78. The number of rotatable bonds is 3. The maximum Gasteiger partial charge on any atom is 0.0483 e. The average Bonchev–Trinajstić information content (AvgIpc) is 2.17. The van der Waals surface area contributed by atoms with Gasteiger partial charge in [-0.15, -0.1) is 0 Å². The van der Waals surface area contributed by atoms with E-state index in [-0.39, 0.29) is 0 Å². The van der Waals surface area contributed by atoms with E-state index in [1.54, 1.807) is 5.56 Å². The van der Waals surface area contributed by atoms with E-state index in [1.165, 1.54) is 18.5 Å². The molecule has 0 amide bonds. The minimum absolute atomic E-state index is 0.359. The minimum atomic E-state index is 0.359. The van der Waals surface area contributed by atoms with Crippen molar-refractivity contribution in [2.75, 3.05) is 26.2 Å². The van der Waals surface area contributed by atoms with E-state index in [4.69, 9.17) is 5.11 Å². The molecule has 1 atom stereocenters. The maximum absolute atomic E-state index is 8.94. The van der Waals surface area contributed by atoms with Gasteiger partial charge < -0.3 is 10.0 Å². The highest BCUT2D eigenvalue weighted by Crippen LogP contribution is 2.36. The molecule has 1 aliphatic carbocycles. The number of likely N-dealkylation sites (tertiary alicyclic amines) is 1. The van der Waals surface area contributed by atoms with Crippen LogP contribution in [-0.2, 0) is 6.42 Å². The van der Waals surface area contributed by atoms with E-state index in [0.29, 0.717) is 12.5 Å². The van der Waals surface area contributed by atoms with E-state index in [0.717, 1.165) is 19.0 Å². The number of hydrogen-bond acceptors (Lipinski definition) is 2. The van der Waals surface area contributed by atoms with Gasteiger partial charge in [0.25, 0.3) is 0 Å². The van der Waals surface area contributed by atoms with Crippen LogP contribution in [0.5, 0.6) is 0 Å². The predicted octanol–water partition coefficient (Wildman–Crippen LogP) is 1.25. The molecule has 1 heterocycles. The van der Waals surface area contributed by atoms with Gasteiger partial charge in [-0.2, -0.15) is 0 Å². The Morgan fingerprint density at radius 2 is 2.07 bits per heavy atom. The number of aliphatic hydroxyl groups is 1. The highest BCUT2D eigenvalue weighted by molar-refractivity contribution is 5.40. The molecule has 1 saturated heterocycles. The molecule has 1 aromatic carbocycles. The third kappa shape index (κ3) is 1.58. The van der Waals surface area contributed by atoms with Crippen molar-refractivity contribution in [1.82, 2.24) is 4.90 Å². The van der Waals surface area contributed by atoms with E-state index in [1.807, 2.05) is 0 Å². The van der Waals surface area contributed by atoms with Crippen molar-refractivity contribution in [2.24, 2.45) is 5.92 Å². The normalized spacial score (nSPS) is 25.5. The minimum Gasteiger partial charge on any atom is -0.396 e. The molecule has 0 radical (unpaired) electrons. The van der Waals surface area contributed by atoms with E-state index >= 15 is 0 Å². The zero-order valence-corrected chi connectivity index (χ0v) is 8.89. The largest absolute Gasteiger partial charge is 0.396 e. The quantitative estimate of drug-likeness (QED) is 0.799. The van der Waals surface area contributed by atoms with Gasteiger partial charge in [-0.25, -0.2) is 0 Å². The van der Waals surface area contributed by atoms with E-state index < -0.39 is 0 Å². The average molecular weight is 203 g/mol. The Morgan fingerprint density at radius 3 is 2.80 bits per heavy atom. The van der Waals surface area contributed by atoms with Crippen molar-refractivity contribution in [2.45, 2.75) is 12.3 Å². The molecule has 1 aliphatic heterocycles. The Morgan fingerprint density at radius 1 is 1.27 bits per heavy atom. The lowest BCUT2D eigenvalue weighted by Crippen LogP contribution is -2.50. The summed E-state index contributed by atoms with van der Waals surface area (Å²) in [7, 11) is 0. The Bertz CT molecular complexity index is 357. The van der Waals surface area contributed by atoms with Crippen LogP contribution in [-0.4, -0.2) is 36.2 Å². The molecule has 1 unspecified atom stereocenters. The lowest BCUT2D eigenvalue weighted by molar-refractivity contribution is 0.0473. The Kier molecular flexibility index (Phi) is 2.26. The maximum atomic E-state index is 8.94. The molecule has 80 valence electrons. The molecule has 1 fully saturated rings. The van der Waals surface area contributed by atoms with Crippen LogP contribution in [0.3, 0.4) is 0 Å². The first kappa shape index (κ1) is 9.37. The number of fused-ring (bicyclic) bond motifs is 1. The fraction of sp³-hybridized carbons (Fsp3) is 0.538. The van der Waals surface area contributed by atoms with Crippen LogP contribution in [0.2, 0.25) is 0 Å². The second-order valence-electron chi connectivity index (χ2n) is 4.87. The summed E-state index contributed by atoms with van der Waals surface area (Å²) in [6.45, 7) is 3.73. The molecule has 1 aromatic rings. The third-order valence-electron chi connectivity index (χ3n) is 3.73. The monoisotopic (exact) mass is 203 g/mol. The van der Waals surface area contributed by atoms with Gasteiger partial charge in [0.1, 0.15) is 0 Å². The van der Waals surface area contributed by atoms with Crippen LogP contribution < -0.4 is 0 Å². The molecule has 0 spiro atoms. The van der Waals surface area contributed by atoms with E-state index in [2.05, 4.69) is 29.2 Å². The molecule has 0 aromatic heterocycles. The number of hydrogen-bond donors (Lipinski definition) is 1. The molecule has 1 N–H and O–H groups in total. The molecular formula is C13H17NO. The van der Waals surface area contributed by atoms with Gasteiger partial charge >= 0.3 is 0 Å². The molecule has 2 nitrogen and oxygen atoms in total. The highest BCUT2D eigenvalue weighted by Gasteiger charge is 2.32. The third-order valence-corrected chi connectivity index (χ3v) is 3.73. The number of aliphatic hydroxyl groups excluding tert-OH is 1. The summed E-state index contributed by atoms with van der Waals surface area (Å²) >= 11 is 0. The first-order chi connectivity index (χ1) is 7.36. The first-order valence-corrected chi connectivity index (χ1v) is 5.78. The summed E-state index contributed by atoms with van der Waals surface area (Å²) < 4.78 is 0.